The third kappa shape index (κ3) is 1.92. The van der Waals surface area contributed by atoms with Crippen molar-refractivity contribution in [1.82, 2.24) is 14.0 Å². The summed E-state index contributed by atoms with van der Waals surface area (Å²) in [6, 6.07) is 0.491. The van der Waals surface area contributed by atoms with E-state index < -0.39 is 17.4 Å². The molecule has 0 amide bonds. The second-order valence-electron chi connectivity index (χ2n) is 3.82. The zero-order valence-electron chi connectivity index (χ0n) is 9.53. The highest BCUT2D eigenvalue weighted by atomic mass is 19.4. The Kier molecular flexibility index (Phi) is 2.76. The number of imidazole rings is 1. The van der Waals surface area contributed by atoms with Crippen LogP contribution in [0.5, 0.6) is 0 Å². The smallest absolute Gasteiger partial charge is 0.310 e. The van der Waals surface area contributed by atoms with Gasteiger partial charge in [-0.1, -0.05) is 6.08 Å². The number of hydrogen-bond acceptors (Lipinski definition) is 2. The molecule has 0 aromatic carbocycles. The number of aromatic nitrogens is 3. The molecule has 0 spiro atoms. The Morgan fingerprint density at radius 2 is 2.17 bits per heavy atom. The summed E-state index contributed by atoms with van der Waals surface area (Å²) in [4.78, 5) is 15.1. The standard InChI is InChI=1S/C11H10F3N3O/c1-3-4-16-7(2)6-17-9(18)5-8(11(12,13)14)15-10(16)17/h3,5-6H,1,4H2,2H3. The fourth-order valence-corrected chi connectivity index (χ4v) is 1.70. The van der Waals surface area contributed by atoms with E-state index >= 15 is 0 Å². The second-order valence-corrected chi connectivity index (χ2v) is 3.82. The molecule has 0 aliphatic heterocycles. The van der Waals surface area contributed by atoms with Crippen molar-refractivity contribution in [1.29, 1.82) is 0 Å². The van der Waals surface area contributed by atoms with Crippen LogP contribution in [0.4, 0.5) is 13.2 Å². The van der Waals surface area contributed by atoms with Crippen LogP contribution in [0.1, 0.15) is 11.4 Å². The lowest BCUT2D eigenvalue weighted by Crippen LogP contribution is -2.19. The van der Waals surface area contributed by atoms with Crippen LogP contribution in [-0.4, -0.2) is 14.0 Å². The molecule has 0 atom stereocenters. The van der Waals surface area contributed by atoms with Crippen molar-refractivity contribution < 1.29 is 13.2 Å². The SMILES string of the molecule is C=CCn1c(C)cn2c(=O)cc(C(F)(F)F)nc12. The Bertz CT molecular complexity index is 666. The first-order valence-electron chi connectivity index (χ1n) is 5.12. The minimum Gasteiger partial charge on any atom is -0.310 e. The van der Waals surface area contributed by atoms with Gasteiger partial charge in [0.1, 0.15) is 0 Å². The third-order valence-electron chi connectivity index (χ3n) is 2.52. The van der Waals surface area contributed by atoms with E-state index in [4.69, 9.17) is 0 Å². The quantitative estimate of drug-likeness (QED) is 0.772. The zero-order chi connectivity index (χ0) is 13.5. The predicted molar refractivity (Wildman–Crippen MR) is 59.4 cm³/mol. The zero-order valence-corrected chi connectivity index (χ0v) is 9.53. The first-order valence-corrected chi connectivity index (χ1v) is 5.12. The summed E-state index contributed by atoms with van der Waals surface area (Å²) < 4.78 is 40.3. The highest BCUT2D eigenvalue weighted by Crippen LogP contribution is 2.26. The van der Waals surface area contributed by atoms with Gasteiger partial charge in [-0.15, -0.1) is 6.58 Å². The van der Waals surface area contributed by atoms with Gasteiger partial charge in [0.15, 0.2) is 5.69 Å². The number of nitrogens with zero attached hydrogens (tertiary/aromatic N) is 3. The fourth-order valence-electron chi connectivity index (χ4n) is 1.70. The molecular formula is C11H10F3N3O. The summed E-state index contributed by atoms with van der Waals surface area (Å²) in [5, 5.41) is 0. The molecule has 2 heterocycles. The maximum atomic E-state index is 12.6. The summed E-state index contributed by atoms with van der Waals surface area (Å²) >= 11 is 0. The van der Waals surface area contributed by atoms with Crippen molar-refractivity contribution in [2.24, 2.45) is 0 Å². The molecule has 0 unspecified atom stereocenters. The molecule has 4 nitrogen and oxygen atoms in total. The molecule has 0 N–H and O–H groups in total. The van der Waals surface area contributed by atoms with Crippen LogP contribution in [0.2, 0.25) is 0 Å². The second kappa shape index (κ2) is 4.01. The van der Waals surface area contributed by atoms with Crippen LogP contribution < -0.4 is 5.56 Å². The van der Waals surface area contributed by atoms with Crippen LogP contribution in [-0.2, 0) is 12.7 Å². The summed E-state index contributed by atoms with van der Waals surface area (Å²) in [5.74, 6) is -0.0350. The molecule has 0 saturated heterocycles. The Balaban J connectivity index is 2.81. The molecule has 0 aliphatic carbocycles. The molecule has 2 aromatic rings. The number of halogens is 3. The van der Waals surface area contributed by atoms with E-state index in [1.165, 1.54) is 16.8 Å². The van der Waals surface area contributed by atoms with E-state index in [-0.39, 0.29) is 12.3 Å². The number of allylic oxidation sites excluding steroid dienone is 1. The molecule has 0 aliphatic rings. The summed E-state index contributed by atoms with van der Waals surface area (Å²) in [6.07, 6.45) is -1.65. The minimum atomic E-state index is -4.63. The van der Waals surface area contributed by atoms with E-state index in [1.54, 1.807) is 6.92 Å². The first-order chi connectivity index (χ1) is 8.34. The third-order valence-corrected chi connectivity index (χ3v) is 2.52. The monoisotopic (exact) mass is 257 g/mol. The number of fused-ring (bicyclic) bond motifs is 1. The summed E-state index contributed by atoms with van der Waals surface area (Å²) in [7, 11) is 0. The van der Waals surface area contributed by atoms with Crippen LogP contribution in [0, 0.1) is 6.92 Å². The van der Waals surface area contributed by atoms with Gasteiger partial charge >= 0.3 is 6.18 Å². The molecular weight excluding hydrogens is 247 g/mol. The molecule has 96 valence electrons. The van der Waals surface area contributed by atoms with Crippen LogP contribution >= 0.6 is 0 Å². The predicted octanol–water partition coefficient (Wildman–Crippen LogP) is 2.01. The lowest BCUT2D eigenvalue weighted by Gasteiger charge is -2.07. The van der Waals surface area contributed by atoms with Gasteiger partial charge in [0, 0.05) is 24.5 Å². The van der Waals surface area contributed by atoms with Crippen LogP contribution in [0.15, 0.2) is 29.7 Å². The Hall–Kier alpha value is -2.05. The van der Waals surface area contributed by atoms with Crippen LogP contribution in [0.3, 0.4) is 0 Å². The van der Waals surface area contributed by atoms with Crippen molar-refractivity contribution in [3.05, 3.63) is 46.7 Å². The molecule has 2 rings (SSSR count). The maximum absolute atomic E-state index is 12.6. The molecule has 0 radical (unpaired) electrons. The van der Waals surface area contributed by atoms with Gasteiger partial charge in [0.2, 0.25) is 5.78 Å². The molecule has 18 heavy (non-hydrogen) atoms. The molecule has 0 saturated carbocycles. The average molecular weight is 257 g/mol. The molecule has 7 heteroatoms. The summed E-state index contributed by atoms with van der Waals surface area (Å²) in [5.41, 5.74) is -1.30. The lowest BCUT2D eigenvalue weighted by atomic mass is 10.4. The largest absolute Gasteiger partial charge is 0.433 e. The topological polar surface area (TPSA) is 39.3 Å². The van der Waals surface area contributed by atoms with Crippen LogP contribution in [0.25, 0.3) is 5.78 Å². The van der Waals surface area contributed by atoms with E-state index in [2.05, 4.69) is 11.6 Å². The number of rotatable bonds is 2. The van der Waals surface area contributed by atoms with Gasteiger partial charge in [-0.3, -0.25) is 9.20 Å². The van der Waals surface area contributed by atoms with E-state index in [0.717, 1.165) is 4.40 Å². The van der Waals surface area contributed by atoms with E-state index in [9.17, 15) is 18.0 Å². The summed E-state index contributed by atoms with van der Waals surface area (Å²) in [6.45, 7) is 5.49. The Labute approximate surface area is 100.0 Å². The van der Waals surface area contributed by atoms with Crippen molar-refractivity contribution >= 4 is 5.78 Å². The highest BCUT2D eigenvalue weighted by Gasteiger charge is 2.34. The number of hydrogen-bond donors (Lipinski definition) is 0. The normalized spacial score (nSPS) is 12.0. The van der Waals surface area contributed by atoms with Gasteiger partial charge in [0.05, 0.1) is 0 Å². The number of aryl methyl sites for hydroxylation is 1. The van der Waals surface area contributed by atoms with Crippen molar-refractivity contribution in [2.75, 3.05) is 0 Å². The highest BCUT2D eigenvalue weighted by molar-refractivity contribution is 5.35. The van der Waals surface area contributed by atoms with Gasteiger partial charge in [-0.25, -0.2) is 4.98 Å². The molecule has 0 fully saturated rings. The van der Waals surface area contributed by atoms with Gasteiger partial charge < -0.3 is 4.57 Å². The van der Waals surface area contributed by atoms with Gasteiger partial charge in [-0.2, -0.15) is 13.2 Å². The average Bonchev–Trinajstić information content (AvgIpc) is 2.56. The Morgan fingerprint density at radius 1 is 1.50 bits per heavy atom. The maximum Gasteiger partial charge on any atom is 0.433 e. The first kappa shape index (κ1) is 12.4. The van der Waals surface area contributed by atoms with Crippen molar-refractivity contribution in [3.8, 4) is 0 Å². The van der Waals surface area contributed by atoms with Gasteiger partial charge in [0.25, 0.3) is 5.56 Å². The molecule has 2 aromatic heterocycles. The number of alkyl halides is 3. The van der Waals surface area contributed by atoms with Crippen molar-refractivity contribution in [3.63, 3.8) is 0 Å². The minimum absolute atomic E-state index is 0.0350. The van der Waals surface area contributed by atoms with Crippen molar-refractivity contribution in [2.45, 2.75) is 19.6 Å². The van der Waals surface area contributed by atoms with E-state index in [1.807, 2.05) is 0 Å². The Morgan fingerprint density at radius 3 is 2.72 bits per heavy atom. The van der Waals surface area contributed by atoms with E-state index in [0.29, 0.717) is 11.8 Å². The van der Waals surface area contributed by atoms with Gasteiger partial charge in [-0.05, 0) is 6.92 Å². The lowest BCUT2D eigenvalue weighted by molar-refractivity contribution is -0.141. The fraction of sp³-hybridized carbons (Fsp3) is 0.273. The molecule has 0 bridgehead atoms.